The zero-order valence-electron chi connectivity index (χ0n) is 13.2. The molecule has 1 aromatic carbocycles. The molecular formula is C16H19Cl3N2O3. The van der Waals surface area contributed by atoms with Gasteiger partial charge in [0.15, 0.2) is 6.10 Å². The summed E-state index contributed by atoms with van der Waals surface area (Å²) in [5, 5.41) is 5.87. The van der Waals surface area contributed by atoms with Gasteiger partial charge in [-0.3, -0.25) is 10.1 Å². The van der Waals surface area contributed by atoms with Crippen LogP contribution in [0.4, 0.5) is 4.79 Å². The molecule has 1 aromatic rings. The van der Waals surface area contributed by atoms with Crippen molar-refractivity contribution < 1.29 is 14.3 Å². The van der Waals surface area contributed by atoms with Crippen LogP contribution in [0, 0.1) is 0 Å². The van der Waals surface area contributed by atoms with E-state index in [1.54, 1.807) is 0 Å². The Bertz CT molecular complexity index is 619. The quantitative estimate of drug-likeness (QED) is 0.736. The van der Waals surface area contributed by atoms with Crippen molar-refractivity contribution in [3.05, 3.63) is 27.2 Å². The highest BCUT2D eigenvalue weighted by atomic mass is 35.5. The predicted molar refractivity (Wildman–Crippen MR) is 95.1 cm³/mol. The molecule has 1 saturated carbocycles. The van der Waals surface area contributed by atoms with Crippen LogP contribution < -0.4 is 15.4 Å². The zero-order chi connectivity index (χ0) is 17.7. The lowest BCUT2D eigenvalue weighted by atomic mass is 9.96. The van der Waals surface area contributed by atoms with Crippen LogP contribution in [0.1, 0.15) is 39.0 Å². The molecule has 2 rings (SSSR count). The molecule has 1 aliphatic carbocycles. The summed E-state index contributed by atoms with van der Waals surface area (Å²) in [5.74, 6) is -0.341. The molecule has 8 heteroatoms. The van der Waals surface area contributed by atoms with Crippen LogP contribution >= 0.6 is 34.8 Å². The number of halogens is 3. The first-order valence-electron chi connectivity index (χ1n) is 7.79. The highest BCUT2D eigenvalue weighted by Gasteiger charge is 2.21. The average molecular weight is 394 g/mol. The largest absolute Gasteiger partial charge is 0.479 e. The van der Waals surface area contributed by atoms with Gasteiger partial charge in [0.1, 0.15) is 5.75 Å². The van der Waals surface area contributed by atoms with E-state index in [-0.39, 0.29) is 26.9 Å². The summed E-state index contributed by atoms with van der Waals surface area (Å²) in [5.41, 5.74) is 0. The second-order valence-electron chi connectivity index (χ2n) is 5.75. The number of carbonyl (C=O) groups excluding carboxylic acids is 2. The van der Waals surface area contributed by atoms with Crippen molar-refractivity contribution in [2.24, 2.45) is 0 Å². The lowest BCUT2D eigenvalue weighted by molar-refractivity contribution is -0.126. The molecule has 1 atom stereocenters. The van der Waals surface area contributed by atoms with Gasteiger partial charge in [-0.25, -0.2) is 4.79 Å². The van der Waals surface area contributed by atoms with E-state index in [9.17, 15) is 9.59 Å². The molecule has 0 spiro atoms. The second-order valence-corrected chi connectivity index (χ2v) is 6.98. The molecule has 2 N–H and O–H groups in total. The fraction of sp³-hybridized carbons (Fsp3) is 0.500. The van der Waals surface area contributed by atoms with Crippen molar-refractivity contribution in [2.45, 2.75) is 51.2 Å². The van der Waals surface area contributed by atoms with Gasteiger partial charge < -0.3 is 10.1 Å². The van der Waals surface area contributed by atoms with E-state index in [1.807, 2.05) is 0 Å². The van der Waals surface area contributed by atoms with Gasteiger partial charge in [-0.1, -0.05) is 54.1 Å². The highest BCUT2D eigenvalue weighted by Crippen LogP contribution is 2.34. The van der Waals surface area contributed by atoms with Gasteiger partial charge in [-0.05, 0) is 25.8 Å². The molecular weight excluding hydrogens is 375 g/mol. The van der Waals surface area contributed by atoms with Gasteiger partial charge in [-0.2, -0.15) is 0 Å². The number of hydrogen-bond acceptors (Lipinski definition) is 3. The Hall–Kier alpha value is -1.17. The van der Waals surface area contributed by atoms with Crippen molar-refractivity contribution in [1.29, 1.82) is 0 Å². The molecule has 0 radical (unpaired) electrons. The van der Waals surface area contributed by atoms with Crippen molar-refractivity contribution in [2.75, 3.05) is 0 Å². The van der Waals surface area contributed by atoms with Crippen molar-refractivity contribution in [3.8, 4) is 5.75 Å². The Morgan fingerprint density at radius 3 is 2.38 bits per heavy atom. The third-order valence-corrected chi connectivity index (χ3v) is 4.84. The SMILES string of the molecule is C[C@H](Oc1cc(Cl)c(Cl)cc1Cl)C(=O)NC(=O)NC1CCCCC1. The minimum Gasteiger partial charge on any atom is -0.479 e. The highest BCUT2D eigenvalue weighted by molar-refractivity contribution is 6.43. The monoisotopic (exact) mass is 392 g/mol. The second kappa shape index (κ2) is 8.79. The van der Waals surface area contributed by atoms with Crippen molar-refractivity contribution >= 4 is 46.7 Å². The van der Waals surface area contributed by atoms with Crippen LogP contribution in [-0.4, -0.2) is 24.1 Å². The average Bonchev–Trinajstić information content (AvgIpc) is 2.53. The van der Waals surface area contributed by atoms with Gasteiger partial charge in [0.25, 0.3) is 5.91 Å². The van der Waals surface area contributed by atoms with E-state index >= 15 is 0 Å². The van der Waals surface area contributed by atoms with E-state index in [4.69, 9.17) is 39.5 Å². The standard InChI is InChI=1S/C16H19Cl3N2O3/c1-9(24-14-8-12(18)11(17)7-13(14)19)15(22)21-16(23)20-10-5-3-2-4-6-10/h7-10H,2-6H2,1H3,(H2,20,21,22,23)/t9-/m0/s1. The van der Waals surface area contributed by atoms with Crippen molar-refractivity contribution in [3.63, 3.8) is 0 Å². The third-order valence-electron chi connectivity index (χ3n) is 3.82. The van der Waals surface area contributed by atoms with Gasteiger partial charge in [-0.15, -0.1) is 0 Å². The third kappa shape index (κ3) is 5.43. The topological polar surface area (TPSA) is 67.4 Å². The maximum absolute atomic E-state index is 12.1. The number of nitrogens with one attached hydrogen (secondary N) is 2. The Morgan fingerprint density at radius 1 is 1.08 bits per heavy atom. The molecule has 0 saturated heterocycles. The first-order chi connectivity index (χ1) is 11.4. The number of amides is 3. The summed E-state index contributed by atoms with van der Waals surface area (Å²) < 4.78 is 5.47. The molecule has 0 heterocycles. The van der Waals surface area contributed by atoms with E-state index < -0.39 is 18.0 Å². The van der Waals surface area contributed by atoms with E-state index in [2.05, 4.69) is 10.6 Å². The predicted octanol–water partition coefficient (Wildman–Crippen LogP) is 4.57. The number of ether oxygens (including phenoxy) is 1. The smallest absolute Gasteiger partial charge is 0.321 e. The lowest BCUT2D eigenvalue weighted by Gasteiger charge is -2.23. The van der Waals surface area contributed by atoms with Crippen LogP contribution in [0.5, 0.6) is 5.75 Å². The first-order valence-corrected chi connectivity index (χ1v) is 8.92. The fourth-order valence-corrected chi connectivity index (χ4v) is 3.10. The van der Waals surface area contributed by atoms with Gasteiger partial charge in [0, 0.05) is 12.1 Å². The molecule has 24 heavy (non-hydrogen) atoms. The molecule has 0 aromatic heterocycles. The summed E-state index contributed by atoms with van der Waals surface area (Å²) in [6, 6.07) is 2.47. The Morgan fingerprint density at radius 2 is 1.71 bits per heavy atom. The molecule has 0 bridgehead atoms. The number of hydrogen-bond donors (Lipinski definition) is 2. The molecule has 0 unspecified atom stereocenters. The van der Waals surface area contributed by atoms with Gasteiger partial charge in [0.05, 0.1) is 15.1 Å². The Balaban J connectivity index is 1.87. The van der Waals surface area contributed by atoms with Crippen LogP contribution in [0.15, 0.2) is 12.1 Å². The first kappa shape index (κ1) is 19.2. The van der Waals surface area contributed by atoms with E-state index in [0.29, 0.717) is 0 Å². The molecule has 1 fully saturated rings. The van der Waals surface area contributed by atoms with Crippen LogP contribution in [-0.2, 0) is 4.79 Å². The van der Waals surface area contributed by atoms with Crippen LogP contribution in [0.3, 0.4) is 0 Å². The summed E-state index contributed by atoms with van der Waals surface area (Å²) in [7, 11) is 0. The number of urea groups is 1. The number of carbonyl (C=O) groups is 2. The minimum absolute atomic E-state index is 0.118. The lowest BCUT2D eigenvalue weighted by Crippen LogP contribution is -2.48. The molecule has 3 amide bonds. The number of benzene rings is 1. The minimum atomic E-state index is -0.920. The summed E-state index contributed by atoms with van der Waals surface area (Å²) in [6.45, 7) is 1.52. The molecule has 132 valence electrons. The Kier molecular flexibility index (Phi) is 7.02. The maximum atomic E-state index is 12.1. The molecule has 5 nitrogen and oxygen atoms in total. The zero-order valence-corrected chi connectivity index (χ0v) is 15.5. The Labute approximate surface area is 156 Å². The van der Waals surface area contributed by atoms with Crippen LogP contribution in [0.2, 0.25) is 15.1 Å². The maximum Gasteiger partial charge on any atom is 0.321 e. The van der Waals surface area contributed by atoms with Gasteiger partial charge >= 0.3 is 6.03 Å². The normalized spacial score (nSPS) is 16.3. The number of rotatable bonds is 4. The summed E-state index contributed by atoms with van der Waals surface area (Å²) in [6.07, 6.45) is 4.33. The fourth-order valence-electron chi connectivity index (χ4n) is 2.52. The number of imide groups is 1. The molecule has 1 aliphatic rings. The summed E-state index contributed by atoms with van der Waals surface area (Å²) in [4.78, 5) is 23.9. The van der Waals surface area contributed by atoms with E-state index in [0.717, 1.165) is 25.7 Å². The molecule has 0 aliphatic heterocycles. The summed E-state index contributed by atoms with van der Waals surface area (Å²) >= 11 is 17.8. The van der Waals surface area contributed by atoms with Gasteiger partial charge in [0.2, 0.25) is 0 Å². The van der Waals surface area contributed by atoms with Crippen LogP contribution in [0.25, 0.3) is 0 Å². The van der Waals surface area contributed by atoms with Crippen molar-refractivity contribution in [1.82, 2.24) is 10.6 Å². The van der Waals surface area contributed by atoms with E-state index in [1.165, 1.54) is 25.5 Å².